The van der Waals surface area contributed by atoms with Gasteiger partial charge in [-0.2, -0.15) is 0 Å². The van der Waals surface area contributed by atoms with E-state index in [0.717, 1.165) is 52.2 Å². The van der Waals surface area contributed by atoms with E-state index in [1.54, 1.807) is 83.1 Å². The molecule has 2 aromatic carbocycles. The number of nitrogens with one attached hydrogen (secondary N) is 4. The summed E-state index contributed by atoms with van der Waals surface area (Å²) in [5.41, 5.74) is 7.61. The molecule has 16 heteroatoms. The van der Waals surface area contributed by atoms with Gasteiger partial charge >= 0.3 is 12.2 Å². The number of hydrogen-bond acceptors (Lipinski definition) is 8. The van der Waals surface area contributed by atoms with Crippen LogP contribution >= 0.6 is 0 Å². The van der Waals surface area contributed by atoms with Crippen LogP contribution in [0, 0.1) is 13.8 Å². The number of hydrogen-bond donors (Lipinski definition) is 6. The Balaban J connectivity index is 0.967. The fourth-order valence-corrected chi connectivity index (χ4v) is 8.30. The monoisotopic (exact) mass is 808 g/mol. The molecule has 2 aliphatic rings. The fraction of sp³-hybridized carbons (Fsp3) is 0.273. The van der Waals surface area contributed by atoms with E-state index in [0.29, 0.717) is 54.4 Å². The molecule has 2 aliphatic heterocycles. The molecule has 0 aliphatic carbocycles. The molecule has 6 N–H and O–H groups in total. The Hall–Kier alpha value is -7.36. The summed E-state index contributed by atoms with van der Waals surface area (Å²) >= 11 is 0. The maximum absolute atomic E-state index is 13.8. The molecule has 6 aromatic rings. The summed E-state index contributed by atoms with van der Waals surface area (Å²) in [6, 6.07) is 18.7. The number of aromatic amines is 2. The van der Waals surface area contributed by atoms with Crippen LogP contribution in [0.4, 0.5) is 9.59 Å². The fourth-order valence-electron chi connectivity index (χ4n) is 8.30. The van der Waals surface area contributed by atoms with Gasteiger partial charge in [0, 0.05) is 36.6 Å². The Morgan fingerprint density at radius 2 is 1.15 bits per heavy atom. The van der Waals surface area contributed by atoms with E-state index in [1.807, 2.05) is 38.1 Å². The summed E-state index contributed by atoms with van der Waals surface area (Å²) in [6.07, 6.45) is 7.33. The highest BCUT2D eigenvalue weighted by molar-refractivity contribution is 5.88. The van der Waals surface area contributed by atoms with Gasteiger partial charge < -0.3 is 40.6 Å². The third kappa shape index (κ3) is 7.90. The van der Waals surface area contributed by atoms with Crippen molar-refractivity contribution in [2.45, 2.75) is 63.7 Å². The van der Waals surface area contributed by atoms with E-state index in [2.05, 4.69) is 30.6 Å². The Bertz CT molecular complexity index is 2520. The van der Waals surface area contributed by atoms with Crippen molar-refractivity contribution in [3.05, 3.63) is 131 Å². The van der Waals surface area contributed by atoms with Crippen LogP contribution in [0.15, 0.2) is 97.6 Å². The maximum atomic E-state index is 13.8. The number of H-pyrrole nitrogens is 2. The number of rotatable bonds is 11. The van der Waals surface area contributed by atoms with Crippen molar-refractivity contribution < 1.29 is 29.4 Å². The highest BCUT2D eigenvalue weighted by Gasteiger charge is 2.38. The molecule has 0 bridgehead atoms. The smallest absolute Gasteiger partial charge is 0.405 e. The number of nitrogens with zero attached hydrogens (tertiary/aromatic N) is 6. The second-order valence-corrected chi connectivity index (χ2v) is 15.0. The number of aromatic nitrogens is 6. The van der Waals surface area contributed by atoms with Crippen molar-refractivity contribution in [3.8, 4) is 33.9 Å². The zero-order valence-electron chi connectivity index (χ0n) is 33.0. The topological polar surface area (TPSA) is 222 Å². The molecule has 16 nitrogen and oxygen atoms in total. The molecule has 0 saturated carbocycles. The quantitative estimate of drug-likeness (QED) is 0.0796. The molecule has 8 rings (SSSR count). The number of likely N-dealkylation sites (tertiary alicyclic amines) is 2. The summed E-state index contributed by atoms with van der Waals surface area (Å²) in [7, 11) is 0. The third-order valence-corrected chi connectivity index (χ3v) is 11.4. The number of pyridine rings is 2. The molecule has 2 fully saturated rings. The highest BCUT2D eigenvalue weighted by Crippen LogP contribution is 2.37. The van der Waals surface area contributed by atoms with Crippen LogP contribution < -0.4 is 10.6 Å². The van der Waals surface area contributed by atoms with Crippen LogP contribution in [0.3, 0.4) is 0 Å². The Morgan fingerprint density at radius 1 is 0.633 bits per heavy atom. The molecule has 0 spiro atoms. The number of carboxylic acid groups (broad SMARTS) is 2. The van der Waals surface area contributed by atoms with Crippen LogP contribution in [-0.4, -0.2) is 87.0 Å². The standard InChI is InChI=1S/C44H44N10O6/c1-25-26(2)36(46-22-30(25)33-24-48-40(50-33)35-16-10-20-54(35)42(56)38(52-44(59)60)28-13-7-4-8-14-28)31-18-17-29(21-45-31)32-23-47-39(49-32)34-15-9-19-53(34)41(55)37(51-43(57)58)27-11-5-3-6-12-27/h3-8,11-14,17-18,21-24,34-35,37-38,51-52H,9-10,15-16,19-20H2,1-2H3,(H,47,49)(H,48,50)(H,57,58)(H,59,60)/t34?,35-,37?,38+/m0/s1. The van der Waals surface area contributed by atoms with Crippen molar-refractivity contribution in [1.29, 1.82) is 0 Å². The van der Waals surface area contributed by atoms with Crippen molar-refractivity contribution in [2.24, 2.45) is 0 Å². The lowest BCUT2D eigenvalue weighted by molar-refractivity contribution is -0.135. The molecular weight excluding hydrogens is 765 g/mol. The Kier molecular flexibility index (Phi) is 11.1. The Morgan fingerprint density at radius 3 is 1.65 bits per heavy atom. The van der Waals surface area contributed by atoms with Gasteiger partial charge in [0.05, 0.1) is 47.3 Å². The minimum atomic E-state index is -1.28. The van der Waals surface area contributed by atoms with Crippen LogP contribution in [0.5, 0.6) is 0 Å². The van der Waals surface area contributed by atoms with Crippen molar-refractivity contribution in [1.82, 2.24) is 50.3 Å². The lowest BCUT2D eigenvalue weighted by Gasteiger charge is -2.28. The number of carbonyl (C=O) groups excluding carboxylic acids is 2. The van der Waals surface area contributed by atoms with Crippen LogP contribution in [0.2, 0.25) is 0 Å². The normalized spacial score (nSPS) is 17.3. The maximum Gasteiger partial charge on any atom is 0.405 e. The van der Waals surface area contributed by atoms with E-state index in [9.17, 15) is 29.4 Å². The van der Waals surface area contributed by atoms with Gasteiger partial charge in [-0.3, -0.25) is 19.6 Å². The molecule has 4 amide bonds. The summed E-state index contributed by atoms with van der Waals surface area (Å²) in [6.45, 7) is 4.97. The van der Waals surface area contributed by atoms with E-state index >= 15 is 0 Å². The molecule has 4 aromatic heterocycles. The van der Waals surface area contributed by atoms with Gasteiger partial charge in [-0.05, 0) is 73.9 Å². The van der Waals surface area contributed by atoms with Gasteiger partial charge in [-0.1, -0.05) is 60.7 Å². The highest BCUT2D eigenvalue weighted by atomic mass is 16.4. The molecule has 2 saturated heterocycles. The largest absolute Gasteiger partial charge is 0.465 e. The minimum absolute atomic E-state index is 0.328. The van der Waals surface area contributed by atoms with E-state index in [1.165, 1.54) is 0 Å². The Labute approximate surface area is 345 Å². The van der Waals surface area contributed by atoms with Crippen molar-refractivity contribution >= 4 is 24.0 Å². The number of benzene rings is 2. The second kappa shape index (κ2) is 16.9. The minimum Gasteiger partial charge on any atom is -0.465 e. The van der Waals surface area contributed by atoms with Gasteiger partial charge in [-0.25, -0.2) is 19.6 Å². The van der Waals surface area contributed by atoms with E-state index in [4.69, 9.17) is 9.97 Å². The van der Waals surface area contributed by atoms with Gasteiger partial charge in [0.1, 0.15) is 23.7 Å². The number of amides is 4. The van der Waals surface area contributed by atoms with Crippen LogP contribution in [-0.2, 0) is 9.59 Å². The predicted molar refractivity (Wildman–Crippen MR) is 220 cm³/mol. The number of imidazole rings is 2. The molecular formula is C44H44N10O6. The second-order valence-electron chi connectivity index (χ2n) is 15.0. The van der Waals surface area contributed by atoms with Crippen LogP contribution in [0.1, 0.15) is 83.8 Å². The van der Waals surface area contributed by atoms with Crippen molar-refractivity contribution in [2.75, 3.05) is 13.1 Å². The lowest BCUT2D eigenvalue weighted by atomic mass is 10.00. The molecule has 2 unspecified atom stereocenters. The summed E-state index contributed by atoms with van der Waals surface area (Å²) in [5, 5.41) is 23.8. The molecule has 6 heterocycles. The van der Waals surface area contributed by atoms with Crippen molar-refractivity contribution in [3.63, 3.8) is 0 Å². The summed E-state index contributed by atoms with van der Waals surface area (Å²) < 4.78 is 0. The molecule has 4 atom stereocenters. The first-order chi connectivity index (χ1) is 29.1. The van der Waals surface area contributed by atoms with E-state index < -0.39 is 24.3 Å². The zero-order chi connectivity index (χ0) is 41.9. The van der Waals surface area contributed by atoms with Gasteiger partial charge in [0.15, 0.2) is 0 Å². The SMILES string of the molecule is Cc1c(-c2cnc([C@@H]3CCCN3C(=O)[C@H](NC(=O)O)c3ccccc3)[nH]2)cnc(-c2ccc(-c3cnc(C4CCCN4C(=O)C(NC(=O)O)c4ccccc4)[nH]3)cn2)c1C. The first kappa shape index (κ1) is 39.5. The first-order valence-corrected chi connectivity index (χ1v) is 19.8. The average Bonchev–Trinajstić information content (AvgIpc) is 4.10. The predicted octanol–water partition coefficient (Wildman–Crippen LogP) is 6.89. The molecule has 60 heavy (non-hydrogen) atoms. The van der Waals surface area contributed by atoms with Gasteiger partial charge in [-0.15, -0.1) is 0 Å². The molecule has 0 radical (unpaired) electrons. The summed E-state index contributed by atoms with van der Waals surface area (Å²) in [4.78, 5) is 79.9. The number of carbonyl (C=O) groups is 4. The zero-order valence-corrected chi connectivity index (χ0v) is 33.0. The first-order valence-electron chi connectivity index (χ1n) is 19.8. The summed E-state index contributed by atoms with van der Waals surface area (Å²) in [5.74, 6) is 0.582. The lowest BCUT2D eigenvalue weighted by Crippen LogP contribution is -2.42. The van der Waals surface area contributed by atoms with Crippen LogP contribution in [0.25, 0.3) is 33.9 Å². The third-order valence-electron chi connectivity index (χ3n) is 11.4. The van der Waals surface area contributed by atoms with Gasteiger partial charge in [0.2, 0.25) is 0 Å². The van der Waals surface area contributed by atoms with Gasteiger partial charge in [0.25, 0.3) is 11.8 Å². The molecule has 306 valence electrons. The van der Waals surface area contributed by atoms with E-state index in [-0.39, 0.29) is 23.9 Å². The average molecular weight is 809 g/mol.